The van der Waals surface area contributed by atoms with Crippen molar-refractivity contribution in [2.24, 2.45) is 0 Å². The molecule has 3 aromatic rings. The topological polar surface area (TPSA) is 73.1 Å². The third kappa shape index (κ3) is 2.39. The Bertz CT molecular complexity index is 765. The molecule has 106 valence electrons. The molecular formula is C15H14N4O2. The molecule has 1 unspecified atom stereocenters. The zero-order valence-electron chi connectivity index (χ0n) is 11.3. The van der Waals surface area contributed by atoms with Crippen molar-refractivity contribution in [3.8, 4) is 11.5 Å². The lowest BCUT2D eigenvalue weighted by Gasteiger charge is -2.20. The smallest absolute Gasteiger partial charge is 0.258 e. The number of ether oxygens (including phenoxy) is 1. The summed E-state index contributed by atoms with van der Waals surface area (Å²) < 4.78 is 11.0. The third-order valence-electron chi connectivity index (χ3n) is 3.51. The van der Waals surface area contributed by atoms with Gasteiger partial charge in [0.25, 0.3) is 5.89 Å². The van der Waals surface area contributed by atoms with Crippen molar-refractivity contribution in [3.63, 3.8) is 0 Å². The molecule has 1 aliphatic rings. The van der Waals surface area contributed by atoms with Gasteiger partial charge in [-0.15, -0.1) is 0 Å². The van der Waals surface area contributed by atoms with E-state index in [9.17, 15) is 0 Å². The molecule has 2 aromatic heterocycles. The van der Waals surface area contributed by atoms with Crippen molar-refractivity contribution in [2.45, 2.75) is 6.10 Å². The van der Waals surface area contributed by atoms with Gasteiger partial charge in [-0.05, 0) is 24.3 Å². The Balaban J connectivity index is 1.67. The lowest BCUT2D eigenvalue weighted by molar-refractivity contribution is 0.0208. The number of nitrogens with one attached hydrogen (secondary N) is 1. The fraction of sp³-hybridized carbons (Fsp3) is 0.267. The average Bonchev–Trinajstić information content (AvgIpc) is 3.05. The van der Waals surface area contributed by atoms with Gasteiger partial charge >= 0.3 is 0 Å². The number of nitrogens with zero attached hydrogens (tertiary/aromatic N) is 3. The molecule has 1 atom stereocenters. The van der Waals surface area contributed by atoms with Crippen LogP contribution in [0.1, 0.15) is 11.9 Å². The van der Waals surface area contributed by atoms with Crippen LogP contribution >= 0.6 is 0 Å². The van der Waals surface area contributed by atoms with E-state index in [4.69, 9.17) is 9.26 Å². The molecule has 1 N–H and O–H groups in total. The van der Waals surface area contributed by atoms with Gasteiger partial charge < -0.3 is 14.6 Å². The Labute approximate surface area is 121 Å². The van der Waals surface area contributed by atoms with Crippen LogP contribution in [0.2, 0.25) is 0 Å². The zero-order valence-corrected chi connectivity index (χ0v) is 11.3. The van der Waals surface area contributed by atoms with E-state index in [0.29, 0.717) is 24.9 Å². The van der Waals surface area contributed by atoms with Crippen molar-refractivity contribution in [2.75, 3.05) is 19.7 Å². The predicted octanol–water partition coefficient (Wildman–Crippen LogP) is 1.95. The van der Waals surface area contributed by atoms with Gasteiger partial charge in [-0.1, -0.05) is 11.2 Å². The number of benzene rings is 1. The van der Waals surface area contributed by atoms with Crippen molar-refractivity contribution in [3.05, 3.63) is 42.4 Å². The maximum atomic E-state index is 5.63. The second-order valence-electron chi connectivity index (χ2n) is 4.93. The summed E-state index contributed by atoms with van der Waals surface area (Å²) >= 11 is 0. The van der Waals surface area contributed by atoms with Gasteiger partial charge in [-0.3, -0.25) is 4.98 Å². The van der Waals surface area contributed by atoms with E-state index in [1.807, 2.05) is 30.3 Å². The number of fused-ring (bicyclic) bond motifs is 1. The molecule has 0 radical (unpaired) electrons. The molecule has 3 heterocycles. The summed E-state index contributed by atoms with van der Waals surface area (Å²) in [6, 6.07) is 9.81. The minimum Gasteiger partial charge on any atom is -0.367 e. The number of hydrogen-bond acceptors (Lipinski definition) is 6. The summed E-state index contributed by atoms with van der Waals surface area (Å²) in [5, 5.41) is 8.33. The van der Waals surface area contributed by atoms with Crippen molar-refractivity contribution in [1.29, 1.82) is 0 Å². The Morgan fingerprint density at radius 2 is 2.24 bits per heavy atom. The number of aromatic nitrogens is 3. The van der Waals surface area contributed by atoms with Crippen molar-refractivity contribution >= 4 is 10.9 Å². The minimum absolute atomic E-state index is 0.140. The molecular weight excluding hydrogens is 268 g/mol. The van der Waals surface area contributed by atoms with Gasteiger partial charge in [-0.2, -0.15) is 4.98 Å². The van der Waals surface area contributed by atoms with Gasteiger partial charge in [-0.25, -0.2) is 0 Å². The summed E-state index contributed by atoms with van der Waals surface area (Å²) in [4.78, 5) is 8.75. The normalized spacial score (nSPS) is 19.0. The van der Waals surface area contributed by atoms with E-state index in [1.54, 1.807) is 6.20 Å². The summed E-state index contributed by atoms with van der Waals surface area (Å²) in [5.41, 5.74) is 1.83. The number of hydrogen-bond donors (Lipinski definition) is 1. The highest BCUT2D eigenvalue weighted by molar-refractivity contribution is 5.82. The van der Waals surface area contributed by atoms with Crippen LogP contribution in [0, 0.1) is 0 Å². The Morgan fingerprint density at radius 3 is 3.14 bits per heavy atom. The summed E-state index contributed by atoms with van der Waals surface area (Å²) in [6.07, 6.45) is 1.64. The molecule has 0 spiro atoms. The van der Waals surface area contributed by atoms with Crippen LogP contribution < -0.4 is 5.32 Å². The predicted molar refractivity (Wildman–Crippen MR) is 76.6 cm³/mol. The van der Waals surface area contributed by atoms with Crippen LogP contribution in [-0.2, 0) is 4.74 Å². The first kappa shape index (κ1) is 12.4. The first-order chi connectivity index (χ1) is 10.4. The standard InChI is InChI=1S/C15H14N4O2/c1-2-10-8-11(3-4-12(10)17-5-1)15-18-14(19-21-15)13-9-16-6-7-20-13/h1-5,8,13,16H,6-7,9H2. The average molecular weight is 282 g/mol. The van der Waals surface area contributed by atoms with Crippen LogP contribution in [0.15, 0.2) is 41.1 Å². The van der Waals surface area contributed by atoms with Crippen LogP contribution in [0.5, 0.6) is 0 Å². The molecule has 0 saturated carbocycles. The molecule has 1 aliphatic heterocycles. The van der Waals surface area contributed by atoms with E-state index < -0.39 is 0 Å². The van der Waals surface area contributed by atoms with Crippen LogP contribution in [-0.4, -0.2) is 34.8 Å². The van der Waals surface area contributed by atoms with Crippen LogP contribution in [0.25, 0.3) is 22.4 Å². The highest BCUT2D eigenvalue weighted by atomic mass is 16.5. The van der Waals surface area contributed by atoms with E-state index in [-0.39, 0.29) is 6.10 Å². The number of morpholine rings is 1. The fourth-order valence-electron chi connectivity index (χ4n) is 2.42. The molecule has 1 aromatic carbocycles. The van der Waals surface area contributed by atoms with E-state index >= 15 is 0 Å². The number of rotatable bonds is 2. The second kappa shape index (κ2) is 5.23. The molecule has 1 saturated heterocycles. The van der Waals surface area contributed by atoms with Crippen molar-refractivity contribution in [1.82, 2.24) is 20.4 Å². The van der Waals surface area contributed by atoms with E-state index in [1.165, 1.54) is 0 Å². The van der Waals surface area contributed by atoms with Crippen LogP contribution in [0.3, 0.4) is 0 Å². The van der Waals surface area contributed by atoms with Crippen molar-refractivity contribution < 1.29 is 9.26 Å². The quantitative estimate of drug-likeness (QED) is 0.774. The maximum absolute atomic E-state index is 5.63. The highest BCUT2D eigenvalue weighted by Gasteiger charge is 2.21. The third-order valence-corrected chi connectivity index (χ3v) is 3.51. The largest absolute Gasteiger partial charge is 0.367 e. The summed E-state index contributed by atoms with van der Waals surface area (Å²) in [6.45, 7) is 2.23. The first-order valence-corrected chi connectivity index (χ1v) is 6.91. The highest BCUT2D eigenvalue weighted by Crippen LogP contribution is 2.24. The van der Waals surface area contributed by atoms with E-state index in [2.05, 4.69) is 20.4 Å². The molecule has 0 bridgehead atoms. The molecule has 6 nitrogen and oxygen atoms in total. The lowest BCUT2D eigenvalue weighted by atomic mass is 10.1. The molecule has 0 amide bonds. The first-order valence-electron chi connectivity index (χ1n) is 6.91. The molecule has 21 heavy (non-hydrogen) atoms. The Hall–Kier alpha value is -2.31. The van der Waals surface area contributed by atoms with Gasteiger partial charge in [0.2, 0.25) is 5.82 Å². The van der Waals surface area contributed by atoms with Crippen LogP contribution in [0.4, 0.5) is 0 Å². The SMILES string of the molecule is c1cnc2ccc(-c3nc(C4CNCCO4)no3)cc2c1. The minimum atomic E-state index is -0.140. The van der Waals surface area contributed by atoms with Gasteiger partial charge in [0.15, 0.2) is 0 Å². The molecule has 4 rings (SSSR count). The summed E-state index contributed by atoms with van der Waals surface area (Å²) in [7, 11) is 0. The lowest BCUT2D eigenvalue weighted by Crippen LogP contribution is -2.33. The second-order valence-corrected chi connectivity index (χ2v) is 4.93. The maximum Gasteiger partial charge on any atom is 0.258 e. The van der Waals surface area contributed by atoms with Gasteiger partial charge in [0.1, 0.15) is 6.10 Å². The Morgan fingerprint density at radius 1 is 1.24 bits per heavy atom. The zero-order chi connectivity index (χ0) is 14.1. The Kier molecular flexibility index (Phi) is 3.10. The summed E-state index contributed by atoms with van der Waals surface area (Å²) in [5.74, 6) is 1.09. The molecule has 6 heteroatoms. The van der Waals surface area contributed by atoms with Gasteiger partial charge in [0.05, 0.1) is 12.1 Å². The fourth-order valence-corrected chi connectivity index (χ4v) is 2.42. The number of pyridine rings is 1. The van der Waals surface area contributed by atoms with Gasteiger partial charge in [0, 0.05) is 30.2 Å². The molecule has 0 aliphatic carbocycles. The monoisotopic (exact) mass is 282 g/mol. The van der Waals surface area contributed by atoms with E-state index in [0.717, 1.165) is 23.0 Å². The molecule has 1 fully saturated rings.